The summed E-state index contributed by atoms with van der Waals surface area (Å²) in [5.41, 5.74) is 0. The van der Waals surface area contributed by atoms with Gasteiger partial charge in [0.15, 0.2) is 6.61 Å². The second-order valence-corrected chi connectivity index (χ2v) is 5.76. The second-order valence-electron chi connectivity index (χ2n) is 4.78. The van der Waals surface area contributed by atoms with Crippen LogP contribution in [-0.2, 0) is 11.3 Å². The number of ether oxygens (including phenoxy) is 1. The molecule has 1 heterocycles. The first-order valence-electron chi connectivity index (χ1n) is 6.68. The molecule has 1 aliphatic carbocycles. The molecule has 2 aromatic rings. The lowest BCUT2D eigenvalue weighted by Gasteiger charge is -2.21. The molecule has 0 N–H and O–H groups in total. The van der Waals surface area contributed by atoms with Crippen LogP contribution in [0.4, 0.5) is 0 Å². The van der Waals surface area contributed by atoms with Gasteiger partial charge in [-0.15, -0.1) is 11.3 Å². The highest BCUT2D eigenvalue weighted by Gasteiger charge is 2.33. The zero-order valence-electron chi connectivity index (χ0n) is 11.1. The Morgan fingerprint density at radius 3 is 2.80 bits per heavy atom. The maximum absolute atomic E-state index is 12.3. The molecule has 4 nitrogen and oxygen atoms in total. The van der Waals surface area contributed by atoms with Crippen LogP contribution in [-0.4, -0.2) is 28.4 Å². The van der Waals surface area contributed by atoms with Gasteiger partial charge in [0.2, 0.25) is 0 Å². The monoisotopic (exact) mass is 288 g/mol. The number of benzene rings is 1. The molecule has 0 atom stereocenters. The van der Waals surface area contributed by atoms with Gasteiger partial charge in [-0.3, -0.25) is 4.79 Å². The fraction of sp³-hybridized carbons (Fsp3) is 0.333. The minimum Gasteiger partial charge on any atom is -0.484 e. The summed E-state index contributed by atoms with van der Waals surface area (Å²) < 4.78 is 5.54. The van der Waals surface area contributed by atoms with Gasteiger partial charge < -0.3 is 9.64 Å². The van der Waals surface area contributed by atoms with Crippen molar-refractivity contribution in [2.45, 2.75) is 25.4 Å². The molecule has 5 heteroatoms. The summed E-state index contributed by atoms with van der Waals surface area (Å²) >= 11 is 1.58. The average Bonchev–Trinajstić information content (AvgIpc) is 3.20. The summed E-state index contributed by atoms with van der Waals surface area (Å²) in [5.74, 6) is 0.761. The lowest BCUT2D eigenvalue weighted by atomic mass is 10.3. The first kappa shape index (κ1) is 13.1. The van der Waals surface area contributed by atoms with Gasteiger partial charge in [-0.25, -0.2) is 4.98 Å². The summed E-state index contributed by atoms with van der Waals surface area (Å²) in [7, 11) is 0. The van der Waals surface area contributed by atoms with E-state index in [0.29, 0.717) is 12.6 Å². The zero-order valence-corrected chi connectivity index (χ0v) is 11.9. The summed E-state index contributed by atoms with van der Waals surface area (Å²) in [6.45, 7) is 0.686. The number of thiazole rings is 1. The molecule has 0 aliphatic heterocycles. The quantitative estimate of drug-likeness (QED) is 0.821. The predicted octanol–water partition coefficient (Wildman–Crippen LogP) is 2.71. The molecule has 0 radical (unpaired) electrons. The number of rotatable bonds is 6. The number of amides is 1. The average molecular weight is 288 g/mol. The molecule has 1 aromatic carbocycles. The Labute approximate surface area is 122 Å². The van der Waals surface area contributed by atoms with E-state index in [2.05, 4.69) is 4.98 Å². The van der Waals surface area contributed by atoms with E-state index in [1.54, 1.807) is 17.5 Å². The molecule has 0 spiro atoms. The fourth-order valence-corrected chi connectivity index (χ4v) is 2.64. The summed E-state index contributed by atoms with van der Waals surface area (Å²) in [5, 5.41) is 2.91. The molecule has 1 aromatic heterocycles. The highest BCUT2D eigenvalue weighted by Crippen LogP contribution is 2.28. The van der Waals surface area contributed by atoms with E-state index in [9.17, 15) is 4.79 Å². The number of carbonyl (C=O) groups excluding carboxylic acids is 1. The highest BCUT2D eigenvalue weighted by atomic mass is 32.1. The van der Waals surface area contributed by atoms with Crippen molar-refractivity contribution in [2.24, 2.45) is 0 Å². The molecule has 0 unspecified atom stereocenters. The largest absolute Gasteiger partial charge is 0.484 e. The first-order valence-corrected chi connectivity index (χ1v) is 7.56. The third-order valence-corrected chi connectivity index (χ3v) is 3.97. The van der Waals surface area contributed by atoms with Crippen molar-refractivity contribution in [3.05, 3.63) is 46.9 Å². The van der Waals surface area contributed by atoms with Gasteiger partial charge in [0.05, 0.1) is 6.54 Å². The van der Waals surface area contributed by atoms with E-state index in [4.69, 9.17) is 4.74 Å². The lowest BCUT2D eigenvalue weighted by Crippen LogP contribution is -2.36. The Balaban J connectivity index is 1.58. The first-order chi connectivity index (χ1) is 9.83. The van der Waals surface area contributed by atoms with Gasteiger partial charge in [-0.1, -0.05) is 18.2 Å². The fourth-order valence-electron chi connectivity index (χ4n) is 2.03. The van der Waals surface area contributed by atoms with Crippen molar-refractivity contribution in [3.63, 3.8) is 0 Å². The van der Waals surface area contributed by atoms with Crippen LogP contribution in [0.5, 0.6) is 5.75 Å². The van der Waals surface area contributed by atoms with Crippen LogP contribution >= 0.6 is 11.3 Å². The van der Waals surface area contributed by atoms with Crippen molar-refractivity contribution in [1.29, 1.82) is 0 Å². The van der Waals surface area contributed by atoms with Gasteiger partial charge in [0.1, 0.15) is 10.8 Å². The maximum Gasteiger partial charge on any atom is 0.261 e. The molecular formula is C15H16N2O2S. The van der Waals surface area contributed by atoms with Gasteiger partial charge in [0.25, 0.3) is 5.91 Å². The van der Waals surface area contributed by atoms with Crippen molar-refractivity contribution >= 4 is 17.2 Å². The Morgan fingerprint density at radius 2 is 2.15 bits per heavy atom. The Kier molecular flexibility index (Phi) is 3.97. The summed E-state index contributed by atoms with van der Waals surface area (Å²) in [6.07, 6.45) is 3.95. The van der Waals surface area contributed by atoms with Gasteiger partial charge in [0, 0.05) is 17.6 Å². The molecule has 1 aliphatic rings. The van der Waals surface area contributed by atoms with E-state index in [0.717, 1.165) is 23.6 Å². The number of aromatic nitrogens is 1. The molecule has 20 heavy (non-hydrogen) atoms. The number of hydrogen-bond acceptors (Lipinski definition) is 4. The third kappa shape index (κ3) is 3.36. The standard InChI is InChI=1S/C15H16N2O2S/c18-15(11-19-13-4-2-1-3-5-13)17(12-6-7-12)10-14-16-8-9-20-14/h1-5,8-9,12H,6-7,10-11H2. The Morgan fingerprint density at radius 1 is 1.35 bits per heavy atom. The minimum absolute atomic E-state index is 0.0338. The Bertz CT molecular complexity index is 553. The molecular weight excluding hydrogens is 272 g/mol. The lowest BCUT2D eigenvalue weighted by molar-refractivity contribution is -0.134. The van der Waals surface area contributed by atoms with Gasteiger partial charge in [-0.05, 0) is 25.0 Å². The molecule has 0 saturated heterocycles. The van der Waals surface area contributed by atoms with Crippen LogP contribution in [0.25, 0.3) is 0 Å². The van der Waals surface area contributed by atoms with Crippen LogP contribution < -0.4 is 4.74 Å². The van der Waals surface area contributed by atoms with E-state index in [-0.39, 0.29) is 12.5 Å². The second kappa shape index (κ2) is 6.05. The van der Waals surface area contributed by atoms with Gasteiger partial charge >= 0.3 is 0 Å². The molecule has 1 amide bonds. The highest BCUT2D eigenvalue weighted by molar-refractivity contribution is 7.09. The zero-order chi connectivity index (χ0) is 13.8. The number of carbonyl (C=O) groups is 1. The maximum atomic E-state index is 12.3. The number of hydrogen-bond donors (Lipinski definition) is 0. The summed E-state index contributed by atoms with van der Waals surface area (Å²) in [6, 6.07) is 9.80. The number of para-hydroxylation sites is 1. The van der Waals surface area contributed by atoms with Crippen molar-refractivity contribution in [3.8, 4) is 5.75 Å². The van der Waals surface area contributed by atoms with Crippen LogP contribution in [0, 0.1) is 0 Å². The van der Waals surface area contributed by atoms with E-state index in [1.165, 1.54) is 0 Å². The number of nitrogens with zero attached hydrogens (tertiary/aromatic N) is 2. The minimum atomic E-state index is 0.0338. The third-order valence-electron chi connectivity index (χ3n) is 3.20. The Hall–Kier alpha value is -1.88. The van der Waals surface area contributed by atoms with E-state index in [1.807, 2.05) is 40.6 Å². The van der Waals surface area contributed by atoms with Crippen LogP contribution in [0.15, 0.2) is 41.9 Å². The topological polar surface area (TPSA) is 42.4 Å². The molecule has 1 saturated carbocycles. The van der Waals surface area contributed by atoms with Crippen LogP contribution in [0.2, 0.25) is 0 Å². The normalized spacial score (nSPS) is 14.0. The molecule has 0 bridgehead atoms. The summed E-state index contributed by atoms with van der Waals surface area (Å²) in [4.78, 5) is 18.4. The van der Waals surface area contributed by atoms with Crippen LogP contribution in [0.3, 0.4) is 0 Å². The smallest absolute Gasteiger partial charge is 0.261 e. The van der Waals surface area contributed by atoms with E-state index >= 15 is 0 Å². The van der Waals surface area contributed by atoms with Crippen molar-refractivity contribution < 1.29 is 9.53 Å². The van der Waals surface area contributed by atoms with Crippen LogP contribution in [0.1, 0.15) is 17.8 Å². The van der Waals surface area contributed by atoms with E-state index < -0.39 is 0 Å². The van der Waals surface area contributed by atoms with Gasteiger partial charge in [-0.2, -0.15) is 0 Å². The molecule has 104 valence electrons. The predicted molar refractivity (Wildman–Crippen MR) is 77.6 cm³/mol. The van der Waals surface area contributed by atoms with Crippen molar-refractivity contribution in [2.75, 3.05) is 6.61 Å². The molecule has 3 rings (SSSR count). The molecule has 1 fully saturated rings. The van der Waals surface area contributed by atoms with Crippen molar-refractivity contribution in [1.82, 2.24) is 9.88 Å². The SMILES string of the molecule is O=C(COc1ccccc1)N(Cc1nccs1)C1CC1.